The average Bonchev–Trinajstić information content (AvgIpc) is 3.10. The fraction of sp³-hybridized carbons (Fsp3) is 0.0588. The predicted molar refractivity (Wildman–Crippen MR) is 99.2 cm³/mol. The molecule has 0 bridgehead atoms. The van der Waals surface area contributed by atoms with Crippen molar-refractivity contribution < 1.29 is 14.0 Å². The summed E-state index contributed by atoms with van der Waals surface area (Å²) in [4.78, 5) is 23.8. The Morgan fingerprint density at radius 2 is 1.77 bits per heavy atom. The standard InChI is InChI=1S/C17H13FN4O2S2/c18-12-8-4-5-9-13(12)19-16-21-22-17(26-16)25-10-14(23)20-15(24)11-6-2-1-3-7-11/h1-9H,10H2,(H,19,21)(H,20,23,24). The van der Waals surface area contributed by atoms with Gasteiger partial charge in [0.1, 0.15) is 5.82 Å². The molecule has 2 N–H and O–H groups in total. The molecule has 0 aliphatic carbocycles. The number of hydrogen-bond donors (Lipinski definition) is 2. The van der Waals surface area contributed by atoms with Gasteiger partial charge in [0.15, 0.2) is 4.34 Å². The van der Waals surface area contributed by atoms with Crippen LogP contribution in [-0.4, -0.2) is 27.8 Å². The van der Waals surface area contributed by atoms with Gasteiger partial charge >= 0.3 is 0 Å². The SMILES string of the molecule is O=C(CSc1nnc(Nc2ccccc2F)s1)NC(=O)c1ccccc1. The lowest BCUT2D eigenvalue weighted by Crippen LogP contribution is -2.31. The van der Waals surface area contributed by atoms with Crippen molar-refractivity contribution >= 4 is 45.7 Å². The lowest BCUT2D eigenvalue weighted by molar-refractivity contribution is -0.117. The minimum absolute atomic E-state index is 0.0207. The van der Waals surface area contributed by atoms with Gasteiger partial charge in [-0.15, -0.1) is 10.2 Å². The first-order valence-corrected chi connectivity index (χ1v) is 9.29. The summed E-state index contributed by atoms with van der Waals surface area (Å²) in [6.45, 7) is 0. The highest BCUT2D eigenvalue weighted by atomic mass is 32.2. The molecule has 1 aromatic heterocycles. The van der Waals surface area contributed by atoms with Gasteiger partial charge in [-0.1, -0.05) is 53.4 Å². The van der Waals surface area contributed by atoms with E-state index in [-0.39, 0.29) is 5.75 Å². The van der Waals surface area contributed by atoms with Crippen LogP contribution in [0, 0.1) is 5.82 Å². The van der Waals surface area contributed by atoms with E-state index in [9.17, 15) is 14.0 Å². The molecule has 0 fully saturated rings. The van der Waals surface area contributed by atoms with E-state index >= 15 is 0 Å². The van der Waals surface area contributed by atoms with Crippen molar-refractivity contribution in [1.29, 1.82) is 0 Å². The Labute approximate surface area is 156 Å². The molecular formula is C17H13FN4O2S2. The third-order valence-electron chi connectivity index (χ3n) is 3.14. The van der Waals surface area contributed by atoms with Gasteiger partial charge in [0, 0.05) is 5.56 Å². The number of benzene rings is 2. The van der Waals surface area contributed by atoms with Gasteiger partial charge in [-0.25, -0.2) is 4.39 Å². The molecule has 26 heavy (non-hydrogen) atoms. The Kier molecular flexibility index (Phi) is 5.92. The normalized spacial score (nSPS) is 10.3. The van der Waals surface area contributed by atoms with Crippen LogP contribution >= 0.6 is 23.1 Å². The minimum atomic E-state index is -0.449. The van der Waals surface area contributed by atoms with Gasteiger partial charge < -0.3 is 5.32 Å². The summed E-state index contributed by atoms with van der Waals surface area (Å²) in [6, 6.07) is 14.7. The van der Waals surface area contributed by atoms with Gasteiger partial charge in [-0.3, -0.25) is 14.9 Å². The van der Waals surface area contributed by atoms with Crippen molar-refractivity contribution in [2.24, 2.45) is 0 Å². The number of nitrogens with one attached hydrogen (secondary N) is 2. The zero-order valence-electron chi connectivity index (χ0n) is 13.3. The zero-order chi connectivity index (χ0) is 18.4. The Morgan fingerprint density at radius 3 is 2.54 bits per heavy atom. The molecule has 1 heterocycles. The van der Waals surface area contributed by atoms with Crippen molar-refractivity contribution in [3.63, 3.8) is 0 Å². The Hall–Kier alpha value is -2.78. The second kappa shape index (κ2) is 8.54. The summed E-state index contributed by atoms with van der Waals surface area (Å²) in [5.74, 6) is -1.25. The molecule has 2 aromatic carbocycles. The van der Waals surface area contributed by atoms with E-state index in [4.69, 9.17) is 0 Å². The van der Waals surface area contributed by atoms with Crippen molar-refractivity contribution in [2.75, 3.05) is 11.1 Å². The van der Waals surface area contributed by atoms with Crippen LogP contribution in [0.25, 0.3) is 0 Å². The molecule has 0 aliphatic rings. The predicted octanol–water partition coefficient (Wildman–Crippen LogP) is 3.47. The average molecular weight is 388 g/mol. The molecular weight excluding hydrogens is 375 g/mol. The van der Waals surface area contributed by atoms with Crippen LogP contribution in [0.3, 0.4) is 0 Å². The molecule has 0 saturated heterocycles. The molecule has 9 heteroatoms. The number of nitrogens with zero attached hydrogens (tertiary/aromatic N) is 2. The van der Waals surface area contributed by atoms with E-state index in [1.54, 1.807) is 48.5 Å². The van der Waals surface area contributed by atoms with Gasteiger partial charge in [-0.05, 0) is 24.3 Å². The maximum absolute atomic E-state index is 13.6. The first-order valence-electron chi connectivity index (χ1n) is 7.49. The van der Waals surface area contributed by atoms with E-state index in [1.807, 2.05) is 0 Å². The number of imide groups is 1. The smallest absolute Gasteiger partial charge is 0.257 e. The number of carbonyl (C=O) groups is 2. The maximum Gasteiger partial charge on any atom is 0.257 e. The molecule has 0 aliphatic heterocycles. The number of anilines is 2. The summed E-state index contributed by atoms with van der Waals surface area (Å²) in [6.07, 6.45) is 0. The lowest BCUT2D eigenvalue weighted by atomic mass is 10.2. The number of amides is 2. The van der Waals surface area contributed by atoms with Gasteiger partial charge in [0.05, 0.1) is 11.4 Å². The Balaban J connectivity index is 1.51. The number of carbonyl (C=O) groups excluding carboxylic acids is 2. The van der Waals surface area contributed by atoms with Crippen LogP contribution in [0.15, 0.2) is 58.9 Å². The van der Waals surface area contributed by atoms with Crippen LogP contribution in [0.1, 0.15) is 10.4 Å². The number of hydrogen-bond acceptors (Lipinski definition) is 7. The van der Waals surface area contributed by atoms with Crippen LogP contribution in [0.4, 0.5) is 15.2 Å². The van der Waals surface area contributed by atoms with E-state index in [0.29, 0.717) is 20.7 Å². The number of aromatic nitrogens is 2. The van der Waals surface area contributed by atoms with E-state index in [1.165, 1.54) is 17.4 Å². The summed E-state index contributed by atoms with van der Waals surface area (Å²) in [7, 11) is 0. The van der Waals surface area contributed by atoms with E-state index in [0.717, 1.165) is 11.8 Å². The van der Waals surface area contributed by atoms with Crippen molar-refractivity contribution in [3.05, 3.63) is 66.0 Å². The van der Waals surface area contributed by atoms with E-state index < -0.39 is 17.6 Å². The maximum atomic E-state index is 13.6. The second-order valence-corrected chi connectivity index (χ2v) is 7.21. The molecule has 3 aromatic rings. The second-order valence-electron chi connectivity index (χ2n) is 5.01. The zero-order valence-corrected chi connectivity index (χ0v) is 14.9. The van der Waals surface area contributed by atoms with E-state index in [2.05, 4.69) is 20.8 Å². The highest BCUT2D eigenvalue weighted by molar-refractivity contribution is 8.01. The summed E-state index contributed by atoms with van der Waals surface area (Å²) in [5, 5.41) is 13.4. The fourth-order valence-corrected chi connectivity index (χ4v) is 3.51. The molecule has 0 radical (unpaired) electrons. The number of halogens is 1. The Morgan fingerprint density at radius 1 is 1.04 bits per heavy atom. The minimum Gasteiger partial charge on any atom is -0.328 e. The molecule has 132 valence electrons. The number of para-hydroxylation sites is 1. The Bertz CT molecular complexity index is 918. The van der Waals surface area contributed by atoms with Crippen LogP contribution in [0.2, 0.25) is 0 Å². The van der Waals surface area contributed by atoms with Crippen LogP contribution < -0.4 is 10.6 Å². The topological polar surface area (TPSA) is 84.0 Å². The van der Waals surface area contributed by atoms with Crippen LogP contribution in [0.5, 0.6) is 0 Å². The first-order chi connectivity index (χ1) is 12.6. The summed E-state index contributed by atoms with van der Waals surface area (Å²) in [5.41, 5.74) is 0.713. The summed E-state index contributed by atoms with van der Waals surface area (Å²) >= 11 is 2.34. The first kappa shape index (κ1) is 18.0. The highest BCUT2D eigenvalue weighted by Crippen LogP contribution is 2.28. The number of thioether (sulfide) groups is 1. The molecule has 0 unspecified atom stereocenters. The van der Waals surface area contributed by atoms with Gasteiger partial charge in [-0.2, -0.15) is 0 Å². The van der Waals surface area contributed by atoms with Crippen molar-refractivity contribution in [2.45, 2.75) is 4.34 Å². The molecule has 6 nitrogen and oxygen atoms in total. The summed E-state index contributed by atoms with van der Waals surface area (Å²) < 4.78 is 14.1. The molecule has 3 rings (SSSR count). The fourth-order valence-electron chi connectivity index (χ4n) is 1.95. The lowest BCUT2D eigenvalue weighted by Gasteiger charge is -2.03. The largest absolute Gasteiger partial charge is 0.328 e. The van der Waals surface area contributed by atoms with Crippen LogP contribution in [-0.2, 0) is 4.79 Å². The van der Waals surface area contributed by atoms with Crippen molar-refractivity contribution in [1.82, 2.24) is 15.5 Å². The molecule has 2 amide bonds. The molecule has 0 spiro atoms. The van der Waals surface area contributed by atoms with Crippen molar-refractivity contribution in [3.8, 4) is 0 Å². The van der Waals surface area contributed by atoms with Gasteiger partial charge in [0.25, 0.3) is 5.91 Å². The van der Waals surface area contributed by atoms with Gasteiger partial charge in [0.2, 0.25) is 11.0 Å². The third kappa shape index (κ3) is 4.87. The third-order valence-corrected chi connectivity index (χ3v) is 5.11. The monoisotopic (exact) mass is 388 g/mol. The number of rotatable bonds is 6. The quantitative estimate of drug-likeness (QED) is 0.629. The molecule has 0 atom stereocenters. The molecule has 0 saturated carbocycles. The highest BCUT2D eigenvalue weighted by Gasteiger charge is 2.12.